The van der Waals surface area contributed by atoms with E-state index in [2.05, 4.69) is 16.7 Å². The molecule has 0 unspecified atom stereocenters. The second-order valence-corrected chi connectivity index (χ2v) is 7.23. The second kappa shape index (κ2) is 6.67. The molecule has 0 spiro atoms. The average molecular weight is 297 g/mol. The molecular formula is C14H23N3O2S. The van der Waals surface area contributed by atoms with Crippen molar-refractivity contribution in [2.75, 3.05) is 20.1 Å². The predicted molar refractivity (Wildman–Crippen MR) is 80.6 cm³/mol. The molecule has 0 amide bonds. The molecule has 0 bridgehead atoms. The topological polar surface area (TPSA) is 75.4 Å². The van der Waals surface area contributed by atoms with Gasteiger partial charge in [0.05, 0.1) is 5.75 Å². The maximum Gasteiger partial charge on any atom is 0.216 e. The van der Waals surface area contributed by atoms with Crippen molar-refractivity contribution in [2.45, 2.75) is 31.2 Å². The zero-order chi connectivity index (χ0) is 14.6. The lowest BCUT2D eigenvalue weighted by molar-refractivity contribution is 0.248. The van der Waals surface area contributed by atoms with Crippen LogP contribution in [-0.4, -0.2) is 39.5 Å². The van der Waals surface area contributed by atoms with Crippen molar-refractivity contribution in [1.82, 2.24) is 9.62 Å². The number of piperidine rings is 1. The molecule has 1 aromatic rings. The van der Waals surface area contributed by atoms with Crippen molar-refractivity contribution in [3.8, 4) is 0 Å². The second-order valence-electron chi connectivity index (χ2n) is 5.48. The first-order valence-electron chi connectivity index (χ1n) is 6.95. The van der Waals surface area contributed by atoms with Gasteiger partial charge in [0.25, 0.3) is 0 Å². The molecule has 0 aliphatic carbocycles. The van der Waals surface area contributed by atoms with Gasteiger partial charge in [0.1, 0.15) is 0 Å². The number of nitrogens with one attached hydrogen (secondary N) is 1. The van der Waals surface area contributed by atoms with Gasteiger partial charge in [0, 0.05) is 12.6 Å². The van der Waals surface area contributed by atoms with Gasteiger partial charge in [-0.25, -0.2) is 13.1 Å². The van der Waals surface area contributed by atoms with Crippen LogP contribution >= 0.6 is 0 Å². The summed E-state index contributed by atoms with van der Waals surface area (Å²) in [4.78, 5) is 2.22. The van der Waals surface area contributed by atoms with Gasteiger partial charge in [-0.1, -0.05) is 24.3 Å². The molecule has 1 saturated heterocycles. The number of sulfonamides is 1. The van der Waals surface area contributed by atoms with Crippen LogP contribution in [0.1, 0.15) is 24.0 Å². The van der Waals surface area contributed by atoms with Crippen molar-refractivity contribution in [3.63, 3.8) is 0 Å². The molecule has 0 aromatic heterocycles. The molecule has 0 radical (unpaired) electrons. The van der Waals surface area contributed by atoms with Crippen molar-refractivity contribution in [3.05, 3.63) is 35.4 Å². The molecule has 0 atom stereocenters. The number of likely N-dealkylation sites (tertiary alicyclic amines) is 1. The van der Waals surface area contributed by atoms with E-state index in [-0.39, 0.29) is 11.8 Å². The Bertz CT molecular complexity index is 520. The number of hydrogen-bond donors (Lipinski definition) is 2. The Morgan fingerprint density at radius 3 is 2.30 bits per heavy atom. The maximum atomic E-state index is 12.2. The van der Waals surface area contributed by atoms with Gasteiger partial charge in [0.15, 0.2) is 0 Å². The Morgan fingerprint density at radius 2 is 1.75 bits per heavy atom. The fraction of sp³-hybridized carbons (Fsp3) is 0.571. The smallest absolute Gasteiger partial charge is 0.216 e. The molecule has 5 nitrogen and oxygen atoms in total. The molecule has 1 aliphatic heterocycles. The first kappa shape index (κ1) is 15.4. The van der Waals surface area contributed by atoms with Crippen molar-refractivity contribution < 1.29 is 8.42 Å². The molecule has 6 heteroatoms. The number of rotatable bonds is 5. The largest absolute Gasteiger partial charge is 0.326 e. The molecule has 1 aliphatic rings. The fourth-order valence-electron chi connectivity index (χ4n) is 2.41. The van der Waals surface area contributed by atoms with Gasteiger partial charge < -0.3 is 10.6 Å². The molecule has 1 heterocycles. The summed E-state index contributed by atoms with van der Waals surface area (Å²) in [6.07, 6.45) is 1.75. The average Bonchev–Trinajstić information content (AvgIpc) is 2.41. The molecule has 3 N–H and O–H groups in total. The standard InChI is InChI=1S/C14H23N3O2S/c1-17-8-6-14(7-9-17)16-20(18,19)11-13-4-2-12(10-15)3-5-13/h2-5,14,16H,6-11,15H2,1H3. The summed E-state index contributed by atoms with van der Waals surface area (Å²) in [7, 11) is -1.21. The van der Waals surface area contributed by atoms with E-state index in [1.54, 1.807) is 0 Å². The minimum Gasteiger partial charge on any atom is -0.326 e. The predicted octanol–water partition coefficient (Wildman–Crippen LogP) is 0.659. The highest BCUT2D eigenvalue weighted by atomic mass is 32.2. The van der Waals surface area contributed by atoms with Crippen LogP contribution in [0.25, 0.3) is 0 Å². The molecule has 0 saturated carbocycles. The van der Waals surface area contributed by atoms with Gasteiger partial charge in [-0.2, -0.15) is 0 Å². The molecule has 112 valence electrons. The Morgan fingerprint density at radius 1 is 1.20 bits per heavy atom. The van der Waals surface area contributed by atoms with Crippen LogP contribution in [0.5, 0.6) is 0 Å². The Balaban J connectivity index is 1.92. The van der Waals surface area contributed by atoms with Gasteiger partial charge in [-0.15, -0.1) is 0 Å². The van der Waals surface area contributed by atoms with E-state index < -0.39 is 10.0 Å². The van der Waals surface area contributed by atoms with Crippen molar-refractivity contribution in [2.24, 2.45) is 5.73 Å². The lowest BCUT2D eigenvalue weighted by Gasteiger charge is -2.29. The first-order valence-corrected chi connectivity index (χ1v) is 8.60. The van der Waals surface area contributed by atoms with Crippen LogP contribution in [0.3, 0.4) is 0 Å². The first-order chi connectivity index (χ1) is 9.48. The lowest BCUT2D eigenvalue weighted by atomic mass is 10.1. The lowest BCUT2D eigenvalue weighted by Crippen LogP contribution is -2.43. The zero-order valence-corrected chi connectivity index (χ0v) is 12.7. The van der Waals surface area contributed by atoms with E-state index in [9.17, 15) is 8.42 Å². The maximum absolute atomic E-state index is 12.2. The van der Waals surface area contributed by atoms with Gasteiger partial charge in [0.2, 0.25) is 10.0 Å². The summed E-state index contributed by atoms with van der Waals surface area (Å²) in [5.74, 6) is 0.0319. The van der Waals surface area contributed by atoms with E-state index >= 15 is 0 Å². The molecule has 20 heavy (non-hydrogen) atoms. The van der Waals surface area contributed by atoms with Crippen LogP contribution in [0.4, 0.5) is 0 Å². The molecule has 2 rings (SSSR count). The van der Waals surface area contributed by atoms with Crippen molar-refractivity contribution >= 4 is 10.0 Å². The summed E-state index contributed by atoms with van der Waals surface area (Å²) in [5, 5.41) is 0. The third kappa shape index (κ3) is 4.56. The fourth-order valence-corrected chi connectivity index (χ4v) is 3.87. The van der Waals surface area contributed by atoms with E-state index in [1.165, 1.54) is 0 Å². The highest BCUT2D eigenvalue weighted by Crippen LogP contribution is 2.12. The molecular weight excluding hydrogens is 274 g/mol. The monoisotopic (exact) mass is 297 g/mol. The summed E-state index contributed by atoms with van der Waals surface area (Å²) in [5.41, 5.74) is 7.33. The Kier molecular flexibility index (Phi) is 5.15. The number of nitrogens with zero attached hydrogens (tertiary/aromatic N) is 1. The minimum atomic E-state index is -3.27. The van der Waals surface area contributed by atoms with Crippen LogP contribution in [0.15, 0.2) is 24.3 Å². The summed E-state index contributed by atoms with van der Waals surface area (Å²) >= 11 is 0. The molecule has 1 aromatic carbocycles. The summed E-state index contributed by atoms with van der Waals surface area (Å²) in [6.45, 7) is 2.36. The molecule has 1 fully saturated rings. The summed E-state index contributed by atoms with van der Waals surface area (Å²) in [6, 6.07) is 7.48. The van der Waals surface area contributed by atoms with Crippen LogP contribution < -0.4 is 10.5 Å². The van der Waals surface area contributed by atoms with Crippen molar-refractivity contribution in [1.29, 1.82) is 0 Å². The van der Waals surface area contributed by atoms with E-state index in [0.29, 0.717) is 6.54 Å². The van der Waals surface area contributed by atoms with Gasteiger partial charge in [-0.3, -0.25) is 0 Å². The third-order valence-electron chi connectivity index (χ3n) is 3.68. The highest BCUT2D eigenvalue weighted by Gasteiger charge is 2.22. The number of nitrogens with two attached hydrogens (primary N) is 1. The SMILES string of the molecule is CN1CCC(NS(=O)(=O)Cc2ccc(CN)cc2)CC1. The van der Waals surface area contributed by atoms with E-state index in [0.717, 1.165) is 37.1 Å². The normalized spacial score (nSPS) is 18.3. The van der Waals surface area contributed by atoms with Crippen LogP contribution in [0.2, 0.25) is 0 Å². The Hall–Kier alpha value is -0.950. The third-order valence-corrected chi connectivity index (χ3v) is 5.09. The minimum absolute atomic E-state index is 0.0319. The highest BCUT2D eigenvalue weighted by molar-refractivity contribution is 7.88. The van der Waals surface area contributed by atoms with Gasteiger partial charge in [-0.05, 0) is 44.1 Å². The zero-order valence-electron chi connectivity index (χ0n) is 11.9. The quantitative estimate of drug-likeness (QED) is 0.837. The van der Waals surface area contributed by atoms with E-state index in [4.69, 9.17) is 5.73 Å². The Labute approximate surface area is 121 Å². The number of benzene rings is 1. The number of hydrogen-bond acceptors (Lipinski definition) is 4. The van der Waals surface area contributed by atoms with Crippen LogP contribution in [0, 0.1) is 0 Å². The van der Waals surface area contributed by atoms with Gasteiger partial charge >= 0.3 is 0 Å². The summed E-state index contributed by atoms with van der Waals surface area (Å²) < 4.78 is 27.1. The van der Waals surface area contributed by atoms with E-state index in [1.807, 2.05) is 24.3 Å². The van der Waals surface area contributed by atoms with Crippen LogP contribution in [-0.2, 0) is 22.3 Å².